The van der Waals surface area contributed by atoms with Crippen LogP contribution in [0.3, 0.4) is 0 Å². The lowest BCUT2D eigenvalue weighted by molar-refractivity contribution is -0.114. The molecule has 1 fully saturated rings. The van der Waals surface area contributed by atoms with E-state index in [2.05, 4.69) is 34.1 Å². The molecule has 0 radical (unpaired) electrons. The highest BCUT2D eigenvalue weighted by atomic mass is 32.1. The van der Waals surface area contributed by atoms with E-state index in [0.29, 0.717) is 12.1 Å². The van der Waals surface area contributed by atoms with Gasteiger partial charge in [0, 0.05) is 29.4 Å². The van der Waals surface area contributed by atoms with Gasteiger partial charge < -0.3 is 16.0 Å². The van der Waals surface area contributed by atoms with Crippen molar-refractivity contribution in [2.24, 2.45) is 0 Å². The number of anilines is 1. The summed E-state index contributed by atoms with van der Waals surface area (Å²) in [7, 11) is 0. The zero-order chi connectivity index (χ0) is 19.8. The molecule has 1 aliphatic carbocycles. The van der Waals surface area contributed by atoms with E-state index in [0.717, 1.165) is 53.4 Å². The molecule has 7 heteroatoms. The third-order valence-electron chi connectivity index (χ3n) is 5.87. The molecular formula is C22H26N4OS2. The first-order valence-corrected chi connectivity index (χ1v) is 12.1. The van der Waals surface area contributed by atoms with Crippen LogP contribution in [0, 0.1) is 0 Å². The van der Waals surface area contributed by atoms with Gasteiger partial charge in [-0.1, -0.05) is 12.1 Å². The Morgan fingerprint density at radius 1 is 1.14 bits per heavy atom. The maximum atomic E-state index is 11.9. The van der Waals surface area contributed by atoms with Crippen LogP contribution in [0.15, 0.2) is 24.3 Å². The van der Waals surface area contributed by atoms with Gasteiger partial charge in [-0.15, -0.1) is 22.7 Å². The molecule has 2 aliphatic rings. The predicted octanol–water partition coefficient (Wildman–Crippen LogP) is 4.18. The Bertz CT molecular complexity index is 1000. The molecule has 0 saturated carbocycles. The van der Waals surface area contributed by atoms with Gasteiger partial charge in [0.15, 0.2) is 0 Å². The van der Waals surface area contributed by atoms with Crippen LogP contribution in [-0.2, 0) is 17.6 Å². The van der Waals surface area contributed by atoms with Gasteiger partial charge in [0.1, 0.15) is 10.0 Å². The summed E-state index contributed by atoms with van der Waals surface area (Å²) in [6.45, 7) is 3.81. The number of nitrogens with zero attached hydrogens (tertiary/aromatic N) is 1. The molecule has 5 nitrogen and oxygen atoms in total. The standard InChI is InChI=1S/C22H26N4OS2/c1-13(27)24-21-20(22-26-17-4-2-3-5-18(17)28-22)16-7-6-15(12-19(16)29-21)25-14-8-10-23-11-9-14/h2-5,14-15,23,25H,6-12H2,1H3,(H,24,27). The molecule has 3 N–H and O–H groups in total. The number of para-hydroxylation sites is 1. The lowest BCUT2D eigenvalue weighted by Crippen LogP contribution is -2.46. The second kappa shape index (κ2) is 8.14. The number of hydrogen-bond donors (Lipinski definition) is 3. The predicted molar refractivity (Wildman–Crippen MR) is 122 cm³/mol. The number of thiazole rings is 1. The molecule has 1 amide bonds. The maximum absolute atomic E-state index is 11.9. The van der Waals surface area contributed by atoms with E-state index in [4.69, 9.17) is 4.98 Å². The van der Waals surface area contributed by atoms with Crippen molar-refractivity contribution >= 4 is 43.8 Å². The van der Waals surface area contributed by atoms with Crippen molar-refractivity contribution in [2.45, 2.75) is 51.1 Å². The fourth-order valence-electron chi connectivity index (χ4n) is 4.50. The summed E-state index contributed by atoms with van der Waals surface area (Å²) in [4.78, 5) is 18.2. The molecule has 0 bridgehead atoms. The lowest BCUT2D eigenvalue weighted by atomic mass is 9.90. The minimum absolute atomic E-state index is 0.0182. The number of carbonyl (C=O) groups excluding carboxylic acids is 1. The molecule has 3 heterocycles. The van der Waals surface area contributed by atoms with Crippen molar-refractivity contribution in [3.8, 4) is 10.6 Å². The van der Waals surface area contributed by atoms with E-state index < -0.39 is 0 Å². The van der Waals surface area contributed by atoms with Crippen LogP contribution in [0.5, 0.6) is 0 Å². The van der Waals surface area contributed by atoms with Crippen molar-refractivity contribution in [3.63, 3.8) is 0 Å². The summed E-state index contributed by atoms with van der Waals surface area (Å²) in [5.74, 6) is -0.0182. The van der Waals surface area contributed by atoms with Crippen LogP contribution in [0.4, 0.5) is 5.00 Å². The number of thiophene rings is 1. The van der Waals surface area contributed by atoms with E-state index in [1.807, 2.05) is 6.07 Å². The second-order valence-electron chi connectivity index (χ2n) is 8.01. The number of carbonyl (C=O) groups is 1. The maximum Gasteiger partial charge on any atom is 0.221 e. The first-order valence-electron chi connectivity index (χ1n) is 10.4. The van der Waals surface area contributed by atoms with Gasteiger partial charge in [-0.2, -0.15) is 0 Å². The zero-order valence-electron chi connectivity index (χ0n) is 16.6. The third-order valence-corrected chi connectivity index (χ3v) is 8.10. The highest BCUT2D eigenvalue weighted by molar-refractivity contribution is 7.22. The fourth-order valence-corrected chi connectivity index (χ4v) is 6.99. The first kappa shape index (κ1) is 19.2. The van der Waals surface area contributed by atoms with Crippen LogP contribution in [-0.4, -0.2) is 36.1 Å². The van der Waals surface area contributed by atoms with E-state index in [-0.39, 0.29) is 5.91 Å². The van der Waals surface area contributed by atoms with E-state index in [1.165, 1.54) is 28.0 Å². The van der Waals surface area contributed by atoms with Crippen LogP contribution >= 0.6 is 22.7 Å². The molecule has 1 unspecified atom stereocenters. The Kier molecular flexibility index (Phi) is 5.39. The minimum atomic E-state index is -0.0182. The van der Waals surface area contributed by atoms with Gasteiger partial charge in [0.05, 0.1) is 10.2 Å². The Hall–Kier alpha value is -1.80. The summed E-state index contributed by atoms with van der Waals surface area (Å²) in [5.41, 5.74) is 3.57. The van der Waals surface area contributed by atoms with Crippen molar-refractivity contribution in [1.82, 2.24) is 15.6 Å². The molecule has 5 rings (SSSR count). The van der Waals surface area contributed by atoms with Gasteiger partial charge >= 0.3 is 0 Å². The Labute approximate surface area is 178 Å². The molecule has 0 spiro atoms. The van der Waals surface area contributed by atoms with Crippen LogP contribution < -0.4 is 16.0 Å². The Balaban J connectivity index is 1.46. The van der Waals surface area contributed by atoms with E-state index >= 15 is 0 Å². The lowest BCUT2D eigenvalue weighted by Gasteiger charge is -2.31. The van der Waals surface area contributed by atoms with Crippen molar-refractivity contribution in [1.29, 1.82) is 0 Å². The highest BCUT2D eigenvalue weighted by Crippen LogP contribution is 2.46. The number of rotatable bonds is 4. The molecule has 1 aliphatic heterocycles. The van der Waals surface area contributed by atoms with Gasteiger partial charge in [-0.05, 0) is 62.9 Å². The highest BCUT2D eigenvalue weighted by Gasteiger charge is 2.29. The van der Waals surface area contributed by atoms with Crippen LogP contribution in [0.2, 0.25) is 0 Å². The third kappa shape index (κ3) is 3.97. The summed E-state index contributed by atoms with van der Waals surface area (Å²) >= 11 is 3.46. The average Bonchev–Trinajstić information content (AvgIpc) is 3.28. The monoisotopic (exact) mass is 426 g/mol. The molecule has 29 heavy (non-hydrogen) atoms. The number of hydrogen-bond acceptors (Lipinski definition) is 6. The molecular weight excluding hydrogens is 400 g/mol. The van der Waals surface area contributed by atoms with Crippen LogP contribution in [0.1, 0.15) is 36.6 Å². The smallest absolute Gasteiger partial charge is 0.221 e. The van der Waals surface area contributed by atoms with Crippen molar-refractivity contribution < 1.29 is 4.79 Å². The fraction of sp³-hybridized carbons (Fsp3) is 0.455. The van der Waals surface area contributed by atoms with Crippen LogP contribution in [0.25, 0.3) is 20.8 Å². The topological polar surface area (TPSA) is 66.0 Å². The SMILES string of the molecule is CC(=O)Nc1sc2c(c1-c1nc3ccccc3s1)CCC(NC1CCNCC1)C2. The molecule has 3 aromatic rings. The molecule has 1 atom stereocenters. The number of benzene rings is 1. The Morgan fingerprint density at radius 2 is 1.97 bits per heavy atom. The van der Waals surface area contributed by atoms with E-state index in [1.54, 1.807) is 29.6 Å². The number of nitrogens with one attached hydrogen (secondary N) is 3. The molecule has 2 aromatic heterocycles. The molecule has 152 valence electrons. The number of piperidine rings is 1. The van der Waals surface area contributed by atoms with Gasteiger partial charge in [-0.25, -0.2) is 4.98 Å². The van der Waals surface area contributed by atoms with Gasteiger partial charge in [-0.3, -0.25) is 4.79 Å². The van der Waals surface area contributed by atoms with Crippen molar-refractivity contribution in [3.05, 3.63) is 34.7 Å². The van der Waals surface area contributed by atoms with E-state index in [9.17, 15) is 4.79 Å². The van der Waals surface area contributed by atoms with Gasteiger partial charge in [0.25, 0.3) is 0 Å². The van der Waals surface area contributed by atoms with Gasteiger partial charge in [0.2, 0.25) is 5.91 Å². The molecule has 1 aromatic carbocycles. The second-order valence-corrected chi connectivity index (χ2v) is 10.1. The first-order chi connectivity index (χ1) is 14.2. The molecule has 1 saturated heterocycles. The summed E-state index contributed by atoms with van der Waals surface area (Å²) in [5, 5.41) is 12.4. The number of amides is 1. The average molecular weight is 427 g/mol. The summed E-state index contributed by atoms with van der Waals surface area (Å²) in [6.07, 6.45) is 5.65. The number of fused-ring (bicyclic) bond motifs is 2. The zero-order valence-corrected chi connectivity index (χ0v) is 18.2. The normalized spacial score (nSPS) is 20.0. The van der Waals surface area contributed by atoms with Crippen molar-refractivity contribution in [2.75, 3.05) is 18.4 Å². The Morgan fingerprint density at radius 3 is 2.76 bits per heavy atom. The largest absolute Gasteiger partial charge is 0.317 e. The summed E-state index contributed by atoms with van der Waals surface area (Å²) < 4.78 is 1.19. The summed E-state index contributed by atoms with van der Waals surface area (Å²) in [6, 6.07) is 9.41. The minimum Gasteiger partial charge on any atom is -0.317 e. The number of aromatic nitrogens is 1. The quantitative estimate of drug-likeness (QED) is 0.585.